The highest BCUT2D eigenvalue weighted by Gasteiger charge is 2.25. The SMILES string of the molecule is C=CCn1c(Cc2ccccc2)nnc1S(=O)CC(=O)N(c1ccccc1)C(C)C. The van der Waals surface area contributed by atoms with Crippen LogP contribution in [0.3, 0.4) is 0 Å². The molecule has 6 nitrogen and oxygen atoms in total. The third-order valence-corrected chi connectivity index (χ3v) is 5.81. The second kappa shape index (κ2) is 10.1. The molecule has 0 spiro atoms. The van der Waals surface area contributed by atoms with Crippen LogP contribution in [0.5, 0.6) is 0 Å². The van der Waals surface area contributed by atoms with Crippen molar-refractivity contribution >= 4 is 22.4 Å². The van der Waals surface area contributed by atoms with E-state index < -0.39 is 10.8 Å². The van der Waals surface area contributed by atoms with Crippen molar-refractivity contribution in [3.8, 4) is 0 Å². The fourth-order valence-corrected chi connectivity index (χ4v) is 4.32. The van der Waals surface area contributed by atoms with Crippen LogP contribution < -0.4 is 4.90 Å². The first kappa shape index (κ1) is 21.6. The van der Waals surface area contributed by atoms with Gasteiger partial charge in [0.25, 0.3) is 0 Å². The molecule has 7 heteroatoms. The first-order chi connectivity index (χ1) is 14.5. The van der Waals surface area contributed by atoms with Crippen molar-refractivity contribution < 1.29 is 9.00 Å². The van der Waals surface area contributed by atoms with Crippen LogP contribution in [0.15, 0.2) is 78.5 Å². The molecule has 3 aromatic rings. The van der Waals surface area contributed by atoms with Crippen LogP contribution in [-0.2, 0) is 28.6 Å². The molecule has 1 atom stereocenters. The van der Waals surface area contributed by atoms with E-state index in [0.29, 0.717) is 23.9 Å². The molecule has 1 heterocycles. The van der Waals surface area contributed by atoms with Gasteiger partial charge in [-0.25, -0.2) is 0 Å². The van der Waals surface area contributed by atoms with Crippen molar-refractivity contribution in [2.75, 3.05) is 10.7 Å². The number of para-hydroxylation sites is 1. The molecule has 156 valence electrons. The molecule has 0 saturated carbocycles. The van der Waals surface area contributed by atoms with Gasteiger partial charge in [0.2, 0.25) is 11.1 Å². The second-order valence-corrected chi connectivity index (χ2v) is 8.49. The summed E-state index contributed by atoms with van der Waals surface area (Å²) in [6.07, 6.45) is 2.28. The van der Waals surface area contributed by atoms with E-state index in [1.54, 1.807) is 15.5 Å². The van der Waals surface area contributed by atoms with E-state index in [9.17, 15) is 9.00 Å². The van der Waals surface area contributed by atoms with Gasteiger partial charge < -0.3 is 4.90 Å². The summed E-state index contributed by atoms with van der Waals surface area (Å²) in [4.78, 5) is 14.7. The Bertz CT molecular complexity index is 1020. The zero-order valence-electron chi connectivity index (χ0n) is 17.3. The van der Waals surface area contributed by atoms with Gasteiger partial charge in [0.15, 0.2) is 0 Å². The van der Waals surface area contributed by atoms with Gasteiger partial charge in [-0.15, -0.1) is 16.8 Å². The Balaban J connectivity index is 1.82. The number of anilines is 1. The Morgan fingerprint density at radius 3 is 2.33 bits per heavy atom. The minimum atomic E-state index is -1.62. The zero-order chi connectivity index (χ0) is 21.5. The van der Waals surface area contributed by atoms with Gasteiger partial charge in [-0.2, -0.15) is 0 Å². The summed E-state index contributed by atoms with van der Waals surface area (Å²) in [5.74, 6) is 0.321. The highest BCUT2D eigenvalue weighted by molar-refractivity contribution is 7.85. The van der Waals surface area contributed by atoms with Crippen molar-refractivity contribution in [1.82, 2.24) is 14.8 Å². The van der Waals surface area contributed by atoms with Crippen LogP contribution >= 0.6 is 0 Å². The number of carbonyl (C=O) groups is 1. The number of allylic oxidation sites excluding steroid dienone is 1. The fourth-order valence-electron chi connectivity index (χ4n) is 3.27. The Morgan fingerprint density at radius 2 is 1.73 bits per heavy atom. The van der Waals surface area contributed by atoms with Gasteiger partial charge in [0, 0.05) is 24.7 Å². The standard InChI is InChI=1S/C23H26N4O2S/c1-4-15-26-21(16-19-11-7-5-8-12-19)24-25-23(26)30(29)17-22(28)27(18(2)3)20-13-9-6-10-14-20/h4-14,18H,1,15-17H2,2-3H3. The van der Waals surface area contributed by atoms with E-state index in [2.05, 4.69) is 16.8 Å². The third kappa shape index (κ3) is 5.10. The van der Waals surface area contributed by atoms with Crippen LogP contribution in [0.2, 0.25) is 0 Å². The van der Waals surface area contributed by atoms with Gasteiger partial charge in [-0.1, -0.05) is 54.6 Å². The molecule has 0 N–H and O–H groups in total. The fraction of sp³-hybridized carbons (Fsp3) is 0.261. The lowest BCUT2D eigenvalue weighted by atomic mass is 10.1. The van der Waals surface area contributed by atoms with Gasteiger partial charge in [0.05, 0.1) is 0 Å². The molecule has 1 aromatic heterocycles. The summed E-state index contributed by atoms with van der Waals surface area (Å²) in [5.41, 5.74) is 1.87. The predicted octanol–water partition coefficient (Wildman–Crippen LogP) is 3.60. The molecule has 30 heavy (non-hydrogen) atoms. The maximum Gasteiger partial charge on any atom is 0.240 e. The lowest BCUT2D eigenvalue weighted by Crippen LogP contribution is -2.40. The molecule has 2 aromatic carbocycles. The molecule has 3 rings (SSSR count). The maximum absolute atomic E-state index is 13.1. The summed E-state index contributed by atoms with van der Waals surface area (Å²) in [6.45, 7) is 8.09. The number of aromatic nitrogens is 3. The molecule has 1 amide bonds. The van der Waals surface area contributed by atoms with Crippen LogP contribution in [0.4, 0.5) is 5.69 Å². The first-order valence-electron chi connectivity index (χ1n) is 9.83. The third-order valence-electron chi connectivity index (χ3n) is 4.59. The summed E-state index contributed by atoms with van der Waals surface area (Å²) in [6, 6.07) is 19.2. The zero-order valence-corrected chi connectivity index (χ0v) is 18.1. The quantitative estimate of drug-likeness (QED) is 0.494. The lowest BCUT2D eigenvalue weighted by Gasteiger charge is -2.26. The van der Waals surface area contributed by atoms with E-state index in [-0.39, 0.29) is 17.7 Å². The van der Waals surface area contributed by atoms with Crippen molar-refractivity contribution in [3.63, 3.8) is 0 Å². The predicted molar refractivity (Wildman–Crippen MR) is 120 cm³/mol. The minimum Gasteiger partial charge on any atom is -0.309 e. The van der Waals surface area contributed by atoms with Gasteiger partial charge in [-0.3, -0.25) is 13.6 Å². The maximum atomic E-state index is 13.1. The number of rotatable bonds is 9. The number of amides is 1. The van der Waals surface area contributed by atoms with Crippen molar-refractivity contribution in [1.29, 1.82) is 0 Å². The van der Waals surface area contributed by atoms with E-state index in [0.717, 1.165) is 11.3 Å². The Morgan fingerprint density at radius 1 is 1.10 bits per heavy atom. The Kier molecular flexibility index (Phi) is 7.30. The highest BCUT2D eigenvalue weighted by atomic mass is 32.2. The molecule has 0 aliphatic rings. The molecule has 0 aliphatic heterocycles. The summed E-state index contributed by atoms with van der Waals surface area (Å²) in [7, 11) is -1.62. The molecular formula is C23H26N4O2S. The Labute approximate surface area is 179 Å². The smallest absolute Gasteiger partial charge is 0.240 e. The highest BCUT2D eigenvalue weighted by Crippen LogP contribution is 2.18. The van der Waals surface area contributed by atoms with E-state index in [1.165, 1.54) is 0 Å². The van der Waals surface area contributed by atoms with Crippen LogP contribution in [0.25, 0.3) is 0 Å². The largest absolute Gasteiger partial charge is 0.309 e. The second-order valence-electron chi connectivity index (χ2n) is 7.14. The summed E-state index contributed by atoms with van der Waals surface area (Å²) in [5, 5.41) is 8.70. The van der Waals surface area contributed by atoms with E-state index >= 15 is 0 Å². The molecule has 0 saturated heterocycles. The summed E-state index contributed by atoms with van der Waals surface area (Å²) >= 11 is 0. The summed E-state index contributed by atoms with van der Waals surface area (Å²) < 4.78 is 14.9. The van der Waals surface area contributed by atoms with Crippen molar-refractivity contribution in [2.24, 2.45) is 0 Å². The number of carbonyl (C=O) groups excluding carboxylic acids is 1. The van der Waals surface area contributed by atoms with Crippen LogP contribution in [0.1, 0.15) is 25.2 Å². The first-order valence-corrected chi connectivity index (χ1v) is 11.2. The minimum absolute atomic E-state index is 0.0587. The monoisotopic (exact) mass is 422 g/mol. The van der Waals surface area contributed by atoms with E-state index in [1.807, 2.05) is 74.5 Å². The van der Waals surface area contributed by atoms with E-state index in [4.69, 9.17) is 0 Å². The molecule has 1 unspecified atom stereocenters. The normalized spacial score (nSPS) is 12.0. The molecule has 0 aliphatic carbocycles. The van der Waals surface area contributed by atoms with Crippen LogP contribution in [0, 0.1) is 0 Å². The van der Waals surface area contributed by atoms with Crippen molar-refractivity contribution in [3.05, 3.63) is 84.7 Å². The lowest BCUT2D eigenvalue weighted by molar-refractivity contribution is -0.116. The molecular weight excluding hydrogens is 396 g/mol. The number of nitrogens with zero attached hydrogens (tertiary/aromatic N) is 4. The van der Waals surface area contributed by atoms with Gasteiger partial charge in [-0.05, 0) is 31.5 Å². The van der Waals surface area contributed by atoms with Crippen LogP contribution in [-0.4, -0.2) is 36.7 Å². The van der Waals surface area contributed by atoms with Crippen molar-refractivity contribution in [2.45, 2.75) is 38.0 Å². The average molecular weight is 423 g/mol. The van der Waals surface area contributed by atoms with Gasteiger partial charge in [0.1, 0.15) is 22.4 Å². The molecule has 0 fully saturated rings. The van der Waals surface area contributed by atoms with Gasteiger partial charge >= 0.3 is 0 Å². The topological polar surface area (TPSA) is 68.1 Å². The number of hydrogen-bond acceptors (Lipinski definition) is 4. The Hall–Kier alpha value is -3.06. The number of hydrogen-bond donors (Lipinski definition) is 0. The molecule has 0 bridgehead atoms. The average Bonchev–Trinajstić information content (AvgIpc) is 3.12. The number of benzene rings is 2. The molecule has 0 radical (unpaired) electrons.